The van der Waals surface area contributed by atoms with Crippen molar-refractivity contribution in [3.05, 3.63) is 29.8 Å². The molecule has 1 rings (SSSR count). The number of methoxy groups -OCH3 is 1. The van der Waals surface area contributed by atoms with E-state index in [1.165, 1.54) is 6.92 Å². The minimum atomic E-state index is -0.497. The largest absolute Gasteiger partial charge is 0.496 e. The summed E-state index contributed by atoms with van der Waals surface area (Å²) >= 11 is 4.93. The fourth-order valence-corrected chi connectivity index (χ4v) is 1.60. The predicted molar refractivity (Wildman–Crippen MR) is 66.3 cm³/mol. The summed E-state index contributed by atoms with van der Waals surface area (Å²) in [4.78, 5) is 11.3. The third kappa shape index (κ3) is 2.93. The maximum atomic E-state index is 11.1. The molecule has 0 fully saturated rings. The van der Waals surface area contributed by atoms with Gasteiger partial charge in [-0.25, -0.2) is 0 Å². The number of thiocarbonyl (C=S) groups is 1. The molecule has 0 aromatic heterocycles. The summed E-state index contributed by atoms with van der Waals surface area (Å²) in [6.45, 7) is 1.42. The van der Waals surface area contributed by atoms with Crippen LogP contribution in [0.5, 0.6) is 5.75 Å². The zero-order valence-corrected chi connectivity index (χ0v) is 10.0. The van der Waals surface area contributed by atoms with Crippen molar-refractivity contribution < 1.29 is 9.53 Å². The van der Waals surface area contributed by atoms with E-state index in [9.17, 15) is 4.79 Å². The highest BCUT2D eigenvalue weighted by Gasteiger charge is 2.19. The van der Waals surface area contributed by atoms with Gasteiger partial charge in [0.2, 0.25) is 5.91 Å². The van der Waals surface area contributed by atoms with Crippen LogP contribution < -0.4 is 15.8 Å². The van der Waals surface area contributed by atoms with Crippen molar-refractivity contribution in [3.63, 3.8) is 0 Å². The Morgan fingerprint density at radius 3 is 2.62 bits per heavy atom. The van der Waals surface area contributed by atoms with Gasteiger partial charge in [-0.15, -0.1) is 0 Å². The predicted octanol–water partition coefficient (Wildman–Crippen LogP) is 1.16. The molecule has 16 heavy (non-hydrogen) atoms. The van der Waals surface area contributed by atoms with Crippen LogP contribution in [0.4, 0.5) is 0 Å². The molecule has 1 amide bonds. The molecule has 1 aromatic carbocycles. The van der Waals surface area contributed by atoms with Gasteiger partial charge in [-0.1, -0.05) is 30.4 Å². The van der Waals surface area contributed by atoms with Gasteiger partial charge in [0.1, 0.15) is 16.8 Å². The van der Waals surface area contributed by atoms with E-state index in [2.05, 4.69) is 5.32 Å². The summed E-state index contributed by atoms with van der Waals surface area (Å²) in [5.74, 6) is 0.456. The van der Waals surface area contributed by atoms with Gasteiger partial charge >= 0.3 is 0 Å². The number of nitrogens with one attached hydrogen (secondary N) is 1. The molecule has 0 saturated heterocycles. The zero-order chi connectivity index (χ0) is 12.1. The Labute approximate surface area is 99.8 Å². The van der Waals surface area contributed by atoms with Crippen LogP contribution in [0.15, 0.2) is 24.3 Å². The molecule has 5 heteroatoms. The molecule has 1 aromatic rings. The van der Waals surface area contributed by atoms with Crippen molar-refractivity contribution in [1.29, 1.82) is 0 Å². The number of amides is 1. The Hall–Kier alpha value is -1.62. The van der Waals surface area contributed by atoms with Gasteiger partial charge in [-0.2, -0.15) is 0 Å². The van der Waals surface area contributed by atoms with Crippen molar-refractivity contribution >= 4 is 23.1 Å². The molecule has 4 nitrogen and oxygen atoms in total. The minimum absolute atomic E-state index is 0.191. The number of rotatable bonds is 4. The van der Waals surface area contributed by atoms with E-state index in [0.29, 0.717) is 5.75 Å². The van der Waals surface area contributed by atoms with Crippen LogP contribution in [-0.2, 0) is 4.79 Å². The summed E-state index contributed by atoms with van der Waals surface area (Å²) in [5, 5.41) is 2.69. The lowest BCUT2D eigenvalue weighted by Gasteiger charge is -2.19. The number of ether oxygens (including phenoxy) is 1. The number of carbonyl (C=O) groups excluding carboxylic acids is 1. The van der Waals surface area contributed by atoms with Crippen molar-refractivity contribution in [2.24, 2.45) is 5.73 Å². The van der Waals surface area contributed by atoms with E-state index >= 15 is 0 Å². The Balaban J connectivity index is 3.10. The van der Waals surface area contributed by atoms with E-state index in [-0.39, 0.29) is 10.9 Å². The number of nitrogens with two attached hydrogens (primary N) is 1. The highest BCUT2D eigenvalue weighted by atomic mass is 32.1. The van der Waals surface area contributed by atoms with Crippen LogP contribution in [0.2, 0.25) is 0 Å². The molecule has 0 aliphatic carbocycles. The standard InChI is InChI=1S/C11H14N2O2S/c1-7(14)13-10(11(12)16)8-5-3-4-6-9(8)15-2/h3-6,10H,1-2H3,(H2,12,16)(H,13,14). The Morgan fingerprint density at radius 2 is 2.12 bits per heavy atom. The van der Waals surface area contributed by atoms with E-state index in [1.54, 1.807) is 13.2 Å². The fraction of sp³-hybridized carbons (Fsp3) is 0.273. The van der Waals surface area contributed by atoms with Crippen LogP contribution in [0, 0.1) is 0 Å². The first-order valence-electron chi connectivity index (χ1n) is 4.75. The summed E-state index contributed by atoms with van der Waals surface area (Å²) in [6, 6.07) is 6.79. The van der Waals surface area contributed by atoms with Gasteiger partial charge in [0.05, 0.1) is 7.11 Å². The van der Waals surface area contributed by atoms with Gasteiger partial charge < -0.3 is 15.8 Å². The lowest BCUT2D eigenvalue weighted by Crippen LogP contribution is -2.35. The van der Waals surface area contributed by atoms with Crippen LogP contribution in [0.25, 0.3) is 0 Å². The average Bonchev–Trinajstić information content (AvgIpc) is 2.25. The van der Waals surface area contributed by atoms with Gasteiger partial charge in [0.15, 0.2) is 0 Å². The summed E-state index contributed by atoms with van der Waals surface area (Å²) in [5.41, 5.74) is 6.36. The Bertz CT molecular complexity index is 407. The molecule has 0 heterocycles. The van der Waals surface area contributed by atoms with Crippen LogP contribution in [0.3, 0.4) is 0 Å². The molecule has 86 valence electrons. The van der Waals surface area contributed by atoms with Gasteiger partial charge in [-0.3, -0.25) is 4.79 Å². The van der Waals surface area contributed by atoms with Crippen LogP contribution >= 0.6 is 12.2 Å². The van der Waals surface area contributed by atoms with Crippen LogP contribution in [0.1, 0.15) is 18.5 Å². The monoisotopic (exact) mass is 238 g/mol. The molecule has 1 atom stereocenters. The highest BCUT2D eigenvalue weighted by molar-refractivity contribution is 7.80. The summed E-state index contributed by atoms with van der Waals surface area (Å²) in [6.07, 6.45) is 0. The molecule has 0 saturated carbocycles. The topological polar surface area (TPSA) is 64.3 Å². The first-order valence-corrected chi connectivity index (χ1v) is 5.16. The van der Waals surface area contributed by atoms with Gasteiger partial charge in [0, 0.05) is 12.5 Å². The summed E-state index contributed by atoms with van der Waals surface area (Å²) < 4.78 is 5.19. The lowest BCUT2D eigenvalue weighted by molar-refractivity contribution is -0.119. The molecule has 0 bridgehead atoms. The van der Waals surface area contributed by atoms with Crippen molar-refractivity contribution in [2.75, 3.05) is 7.11 Å². The molecular weight excluding hydrogens is 224 g/mol. The van der Waals surface area contributed by atoms with Crippen molar-refractivity contribution in [2.45, 2.75) is 13.0 Å². The lowest BCUT2D eigenvalue weighted by atomic mass is 10.1. The van der Waals surface area contributed by atoms with Gasteiger partial charge in [0.25, 0.3) is 0 Å². The number of carbonyl (C=O) groups is 1. The average molecular weight is 238 g/mol. The Morgan fingerprint density at radius 1 is 1.50 bits per heavy atom. The Kier molecular flexibility index (Phi) is 4.25. The van der Waals surface area contributed by atoms with E-state index in [0.717, 1.165) is 5.56 Å². The third-order valence-electron chi connectivity index (χ3n) is 2.08. The minimum Gasteiger partial charge on any atom is -0.496 e. The van der Waals surface area contributed by atoms with Crippen molar-refractivity contribution in [3.8, 4) is 5.75 Å². The molecular formula is C11H14N2O2S. The number of benzene rings is 1. The normalized spacial score (nSPS) is 11.6. The van der Waals surface area contributed by atoms with Gasteiger partial charge in [-0.05, 0) is 6.07 Å². The quantitative estimate of drug-likeness (QED) is 0.773. The zero-order valence-electron chi connectivity index (χ0n) is 9.19. The first-order chi connectivity index (χ1) is 7.56. The maximum absolute atomic E-state index is 11.1. The maximum Gasteiger partial charge on any atom is 0.217 e. The molecule has 1 unspecified atom stereocenters. The van der Waals surface area contributed by atoms with E-state index in [1.807, 2.05) is 18.2 Å². The van der Waals surface area contributed by atoms with Crippen molar-refractivity contribution in [1.82, 2.24) is 5.32 Å². The second-order valence-electron chi connectivity index (χ2n) is 3.28. The number of para-hydroxylation sites is 1. The highest BCUT2D eigenvalue weighted by Crippen LogP contribution is 2.24. The van der Waals surface area contributed by atoms with E-state index < -0.39 is 6.04 Å². The molecule has 0 aliphatic rings. The fourth-order valence-electron chi connectivity index (χ4n) is 1.41. The smallest absolute Gasteiger partial charge is 0.217 e. The molecule has 0 aliphatic heterocycles. The van der Waals surface area contributed by atoms with Crippen LogP contribution in [-0.4, -0.2) is 18.0 Å². The number of hydrogen-bond donors (Lipinski definition) is 2. The second-order valence-corrected chi connectivity index (χ2v) is 3.75. The van der Waals surface area contributed by atoms with E-state index in [4.69, 9.17) is 22.7 Å². The first kappa shape index (κ1) is 12.4. The number of hydrogen-bond acceptors (Lipinski definition) is 3. The molecule has 0 radical (unpaired) electrons. The molecule has 0 spiro atoms. The second kappa shape index (κ2) is 5.46. The third-order valence-corrected chi connectivity index (χ3v) is 2.32. The molecule has 3 N–H and O–H groups in total. The SMILES string of the molecule is COc1ccccc1C(NC(C)=O)C(N)=S. The summed E-state index contributed by atoms with van der Waals surface area (Å²) in [7, 11) is 1.56.